The van der Waals surface area contributed by atoms with Gasteiger partial charge in [0, 0.05) is 20.9 Å². The van der Waals surface area contributed by atoms with Crippen molar-refractivity contribution < 1.29 is 28.5 Å². The van der Waals surface area contributed by atoms with E-state index in [1.807, 2.05) is 6.07 Å². The Morgan fingerprint density at radius 3 is 2.18 bits per heavy atom. The van der Waals surface area contributed by atoms with E-state index in [1.165, 1.54) is 17.1 Å². The van der Waals surface area contributed by atoms with Gasteiger partial charge >= 0.3 is 0 Å². The number of anilines is 1. The third-order valence-electron chi connectivity index (χ3n) is 3.13. The van der Waals surface area contributed by atoms with Crippen molar-refractivity contribution in [3.8, 4) is 0 Å². The number of hydrogen-bond donors (Lipinski definition) is 0. The van der Waals surface area contributed by atoms with Gasteiger partial charge in [-0.2, -0.15) is 0 Å². The van der Waals surface area contributed by atoms with Gasteiger partial charge in [0.15, 0.2) is 5.69 Å². The van der Waals surface area contributed by atoms with Gasteiger partial charge in [-0.3, -0.25) is 0 Å². The normalized spacial score (nSPS) is 9.88. The predicted molar refractivity (Wildman–Crippen MR) is 65.3 cm³/mol. The van der Waals surface area contributed by atoms with Crippen LogP contribution in [0.4, 0.5) is 5.69 Å². The molecule has 1 heterocycles. The third-order valence-corrected chi connectivity index (χ3v) is 3.13. The first-order valence-electron chi connectivity index (χ1n) is 5.44. The van der Waals surface area contributed by atoms with Gasteiger partial charge in [0.05, 0.1) is 12.7 Å². The Bertz CT molecular complexity index is 491. The van der Waals surface area contributed by atoms with E-state index in [1.54, 1.807) is 0 Å². The van der Waals surface area contributed by atoms with Crippen LogP contribution in [0.2, 0.25) is 0 Å². The first-order valence-corrected chi connectivity index (χ1v) is 5.44. The zero-order valence-electron chi connectivity index (χ0n) is 10.7. The zero-order chi connectivity index (χ0) is 11.7. The van der Waals surface area contributed by atoms with Crippen LogP contribution in [0.5, 0.6) is 0 Å². The monoisotopic (exact) mass is 343 g/mol. The molecular weight excluding hydrogens is 325 g/mol. The second kappa shape index (κ2) is 5.53. The van der Waals surface area contributed by atoms with Crippen LogP contribution in [-0.2, 0) is 7.05 Å². The molecule has 3 nitrogen and oxygen atoms in total. The van der Waals surface area contributed by atoms with Crippen LogP contribution in [0, 0.1) is 13.8 Å². The van der Waals surface area contributed by atoms with E-state index in [0.717, 1.165) is 0 Å². The van der Waals surface area contributed by atoms with Gasteiger partial charge in [0.25, 0.3) is 6.33 Å². The Labute approximate surface area is 120 Å². The lowest BCUT2D eigenvalue weighted by Crippen LogP contribution is -3.00. The Kier molecular flexibility index (Phi) is 4.56. The SMILES string of the molecule is Cc1c(C)[n+](C)cn1N(C)c1ccccc1.[I-]. The van der Waals surface area contributed by atoms with E-state index < -0.39 is 0 Å². The topological polar surface area (TPSA) is 12.0 Å². The maximum atomic E-state index is 2.16. The van der Waals surface area contributed by atoms with Crippen LogP contribution in [0.1, 0.15) is 11.4 Å². The van der Waals surface area contributed by atoms with Crippen molar-refractivity contribution in [2.75, 3.05) is 12.1 Å². The van der Waals surface area contributed by atoms with Crippen molar-refractivity contribution >= 4 is 5.69 Å². The second-order valence-electron chi connectivity index (χ2n) is 4.10. The summed E-state index contributed by atoms with van der Waals surface area (Å²) < 4.78 is 4.29. The molecule has 4 heteroatoms. The summed E-state index contributed by atoms with van der Waals surface area (Å²) in [6.07, 6.45) is 2.09. The number of halogens is 1. The second-order valence-corrected chi connectivity index (χ2v) is 4.10. The molecule has 2 aromatic rings. The van der Waals surface area contributed by atoms with Crippen LogP contribution in [0.15, 0.2) is 36.7 Å². The third kappa shape index (κ3) is 2.62. The molecule has 2 rings (SSSR count). The van der Waals surface area contributed by atoms with Crippen LogP contribution in [0.3, 0.4) is 0 Å². The molecule has 0 spiro atoms. The van der Waals surface area contributed by atoms with Gasteiger partial charge in [0.2, 0.25) is 0 Å². The smallest absolute Gasteiger partial charge is 0.267 e. The number of para-hydroxylation sites is 1. The van der Waals surface area contributed by atoms with Crippen LogP contribution < -0.4 is 33.6 Å². The number of imidazole rings is 1. The van der Waals surface area contributed by atoms with Crippen molar-refractivity contribution in [2.45, 2.75) is 13.8 Å². The fraction of sp³-hybridized carbons (Fsp3) is 0.308. The van der Waals surface area contributed by atoms with Crippen molar-refractivity contribution in [3.63, 3.8) is 0 Å². The minimum Gasteiger partial charge on any atom is -1.00 e. The molecule has 1 aromatic heterocycles. The fourth-order valence-electron chi connectivity index (χ4n) is 1.83. The molecule has 0 fully saturated rings. The van der Waals surface area contributed by atoms with E-state index in [9.17, 15) is 0 Å². The highest BCUT2D eigenvalue weighted by Crippen LogP contribution is 2.14. The molecular formula is C13H18IN3. The summed E-state index contributed by atoms with van der Waals surface area (Å²) in [5.41, 5.74) is 3.72. The zero-order valence-corrected chi connectivity index (χ0v) is 12.8. The van der Waals surface area contributed by atoms with Crippen LogP contribution in [0.25, 0.3) is 0 Å². The van der Waals surface area contributed by atoms with Gasteiger partial charge in [-0.05, 0) is 12.1 Å². The predicted octanol–water partition coefficient (Wildman–Crippen LogP) is -1.17. The molecule has 0 bridgehead atoms. The molecule has 0 aliphatic rings. The summed E-state index contributed by atoms with van der Waals surface area (Å²) in [5, 5.41) is 2.14. The molecule has 0 aliphatic carbocycles. The van der Waals surface area contributed by atoms with E-state index in [2.05, 4.69) is 72.8 Å². The molecule has 0 N–H and O–H groups in total. The molecule has 92 valence electrons. The van der Waals surface area contributed by atoms with E-state index in [4.69, 9.17) is 0 Å². The summed E-state index contributed by atoms with van der Waals surface area (Å²) in [6, 6.07) is 10.4. The maximum absolute atomic E-state index is 2.16. The summed E-state index contributed by atoms with van der Waals surface area (Å²) in [6.45, 7) is 4.26. The van der Waals surface area contributed by atoms with E-state index in [0.29, 0.717) is 0 Å². The molecule has 0 saturated carbocycles. The molecule has 0 unspecified atom stereocenters. The average molecular weight is 343 g/mol. The Morgan fingerprint density at radius 1 is 1.12 bits per heavy atom. The summed E-state index contributed by atoms with van der Waals surface area (Å²) in [7, 11) is 4.14. The first-order chi connectivity index (χ1) is 7.61. The lowest BCUT2D eigenvalue weighted by atomic mass is 10.3. The highest BCUT2D eigenvalue weighted by atomic mass is 127. The number of rotatable bonds is 2. The van der Waals surface area contributed by atoms with Crippen molar-refractivity contribution in [2.24, 2.45) is 7.05 Å². The van der Waals surface area contributed by atoms with E-state index in [-0.39, 0.29) is 24.0 Å². The number of aromatic nitrogens is 2. The van der Waals surface area contributed by atoms with Gasteiger partial charge < -0.3 is 24.0 Å². The molecule has 0 atom stereocenters. The average Bonchev–Trinajstić information content (AvgIpc) is 2.57. The first kappa shape index (κ1) is 14.0. The Hall–Kier alpha value is -1.04. The van der Waals surface area contributed by atoms with Crippen molar-refractivity contribution in [1.29, 1.82) is 0 Å². The van der Waals surface area contributed by atoms with Gasteiger partial charge in [0.1, 0.15) is 5.69 Å². The van der Waals surface area contributed by atoms with Crippen LogP contribution >= 0.6 is 0 Å². The largest absolute Gasteiger partial charge is 1.00 e. The molecule has 17 heavy (non-hydrogen) atoms. The fourth-order valence-corrected chi connectivity index (χ4v) is 1.83. The van der Waals surface area contributed by atoms with Crippen molar-refractivity contribution in [1.82, 2.24) is 4.68 Å². The standard InChI is InChI=1S/C13H18N3.HI/c1-11-12(2)16(10-14(11)3)15(4)13-8-6-5-7-9-13;/h5-10H,1-4H3;1H/q+1;/p-1. The molecule has 1 aromatic carbocycles. The summed E-state index contributed by atoms with van der Waals surface area (Å²) in [4.78, 5) is 0. The van der Waals surface area contributed by atoms with Crippen LogP contribution in [-0.4, -0.2) is 11.7 Å². The quantitative estimate of drug-likeness (QED) is 0.495. The lowest BCUT2D eigenvalue weighted by Gasteiger charge is -2.15. The highest BCUT2D eigenvalue weighted by molar-refractivity contribution is 5.44. The lowest BCUT2D eigenvalue weighted by molar-refractivity contribution is -0.677. The maximum Gasteiger partial charge on any atom is 0.267 e. The van der Waals surface area contributed by atoms with E-state index >= 15 is 0 Å². The number of hydrogen-bond acceptors (Lipinski definition) is 1. The summed E-state index contributed by atoms with van der Waals surface area (Å²) in [5.74, 6) is 0. The minimum absolute atomic E-state index is 0. The van der Waals surface area contributed by atoms with Gasteiger partial charge in [-0.15, -0.1) is 4.68 Å². The Morgan fingerprint density at radius 2 is 1.71 bits per heavy atom. The molecule has 0 amide bonds. The van der Waals surface area contributed by atoms with Gasteiger partial charge in [-0.25, -0.2) is 9.58 Å². The number of nitrogens with zero attached hydrogens (tertiary/aromatic N) is 3. The Balaban J connectivity index is 0.00000144. The van der Waals surface area contributed by atoms with Gasteiger partial charge in [-0.1, -0.05) is 18.2 Å². The number of benzene rings is 1. The molecule has 0 saturated heterocycles. The number of aryl methyl sites for hydroxylation is 1. The van der Waals surface area contributed by atoms with Crippen molar-refractivity contribution in [3.05, 3.63) is 48.0 Å². The molecule has 0 radical (unpaired) electrons. The molecule has 0 aliphatic heterocycles. The minimum atomic E-state index is 0. The highest BCUT2D eigenvalue weighted by Gasteiger charge is 2.17. The summed E-state index contributed by atoms with van der Waals surface area (Å²) >= 11 is 0.